The fourth-order valence-electron chi connectivity index (χ4n) is 2.64. The largest absolute Gasteiger partial charge is 0.392 e. The van der Waals surface area contributed by atoms with Crippen LogP contribution in [0, 0.1) is 0 Å². The highest BCUT2D eigenvalue weighted by Crippen LogP contribution is 2.19. The number of nitrogens with zero attached hydrogens (tertiary/aromatic N) is 2. The van der Waals surface area contributed by atoms with Gasteiger partial charge < -0.3 is 10.0 Å². The standard InChI is InChI=1S/C15H24N2O3S/c1-16(2)15-4-3-9-17(10-15)21(19,20)12-14-7-5-13(11-18)6-8-14/h5-8,15,18H,3-4,9-12H2,1-2H3. The van der Waals surface area contributed by atoms with Crippen LogP contribution in [0.4, 0.5) is 0 Å². The molecule has 1 N–H and O–H groups in total. The normalized spacial score (nSPS) is 20.9. The molecule has 1 saturated heterocycles. The summed E-state index contributed by atoms with van der Waals surface area (Å²) in [6.07, 6.45) is 1.95. The third kappa shape index (κ3) is 4.26. The molecule has 0 bridgehead atoms. The first-order valence-corrected chi connectivity index (χ1v) is 8.86. The second kappa shape index (κ2) is 6.87. The Morgan fingerprint density at radius 3 is 2.43 bits per heavy atom. The monoisotopic (exact) mass is 312 g/mol. The molecule has 5 nitrogen and oxygen atoms in total. The van der Waals surface area contributed by atoms with Crippen LogP contribution >= 0.6 is 0 Å². The average molecular weight is 312 g/mol. The predicted molar refractivity (Wildman–Crippen MR) is 83.3 cm³/mol. The Hall–Kier alpha value is -0.950. The highest BCUT2D eigenvalue weighted by Gasteiger charge is 2.29. The van der Waals surface area contributed by atoms with E-state index in [0.717, 1.165) is 24.0 Å². The van der Waals surface area contributed by atoms with Crippen LogP contribution in [0.15, 0.2) is 24.3 Å². The van der Waals surface area contributed by atoms with Crippen LogP contribution in [0.1, 0.15) is 24.0 Å². The summed E-state index contributed by atoms with van der Waals surface area (Å²) in [5.41, 5.74) is 1.56. The van der Waals surface area contributed by atoms with Crippen molar-refractivity contribution in [3.05, 3.63) is 35.4 Å². The minimum atomic E-state index is -3.28. The summed E-state index contributed by atoms with van der Waals surface area (Å²) >= 11 is 0. The smallest absolute Gasteiger partial charge is 0.218 e. The Labute approximate surface area is 127 Å². The van der Waals surface area contributed by atoms with E-state index in [1.165, 1.54) is 0 Å². The van der Waals surface area contributed by atoms with E-state index in [4.69, 9.17) is 5.11 Å². The van der Waals surface area contributed by atoms with Gasteiger partial charge in [-0.15, -0.1) is 0 Å². The van der Waals surface area contributed by atoms with Gasteiger partial charge in [-0.3, -0.25) is 0 Å². The molecular formula is C15H24N2O3S. The highest BCUT2D eigenvalue weighted by molar-refractivity contribution is 7.88. The van der Waals surface area contributed by atoms with Crippen LogP contribution in [0.5, 0.6) is 0 Å². The topological polar surface area (TPSA) is 60.9 Å². The van der Waals surface area contributed by atoms with Crippen molar-refractivity contribution in [1.82, 2.24) is 9.21 Å². The third-order valence-corrected chi connectivity index (χ3v) is 5.85. The van der Waals surface area contributed by atoms with E-state index in [-0.39, 0.29) is 12.4 Å². The van der Waals surface area contributed by atoms with Crippen LogP contribution in [-0.4, -0.2) is 56.0 Å². The van der Waals surface area contributed by atoms with E-state index in [9.17, 15) is 8.42 Å². The molecule has 0 amide bonds. The Morgan fingerprint density at radius 1 is 1.24 bits per heavy atom. The number of likely N-dealkylation sites (N-methyl/N-ethyl adjacent to an activating group) is 1. The molecule has 21 heavy (non-hydrogen) atoms. The van der Waals surface area contributed by atoms with Crippen LogP contribution in [-0.2, 0) is 22.4 Å². The molecule has 1 fully saturated rings. The fourth-order valence-corrected chi connectivity index (χ4v) is 4.24. The van der Waals surface area contributed by atoms with Gasteiger partial charge in [-0.25, -0.2) is 12.7 Å². The summed E-state index contributed by atoms with van der Waals surface area (Å²) in [5.74, 6) is 0.0266. The molecule has 118 valence electrons. The van der Waals surface area contributed by atoms with Crippen molar-refractivity contribution < 1.29 is 13.5 Å². The summed E-state index contributed by atoms with van der Waals surface area (Å²) < 4.78 is 26.7. The fraction of sp³-hybridized carbons (Fsp3) is 0.600. The maximum absolute atomic E-state index is 12.5. The third-order valence-electron chi connectivity index (χ3n) is 4.04. The van der Waals surface area contributed by atoms with Crippen molar-refractivity contribution in [1.29, 1.82) is 0 Å². The van der Waals surface area contributed by atoms with E-state index in [0.29, 0.717) is 19.1 Å². The Bertz CT molecular complexity index is 555. The molecule has 0 radical (unpaired) electrons. The molecule has 2 rings (SSSR count). The lowest BCUT2D eigenvalue weighted by molar-refractivity contribution is 0.190. The maximum atomic E-state index is 12.5. The Kier molecular flexibility index (Phi) is 5.37. The van der Waals surface area contributed by atoms with E-state index in [2.05, 4.69) is 4.90 Å². The van der Waals surface area contributed by atoms with E-state index >= 15 is 0 Å². The Morgan fingerprint density at radius 2 is 1.86 bits per heavy atom. The highest BCUT2D eigenvalue weighted by atomic mass is 32.2. The zero-order valence-corrected chi connectivity index (χ0v) is 13.5. The van der Waals surface area contributed by atoms with Gasteiger partial charge in [-0.2, -0.15) is 0 Å². The zero-order valence-electron chi connectivity index (χ0n) is 12.7. The van der Waals surface area contributed by atoms with Gasteiger partial charge in [0, 0.05) is 19.1 Å². The molecule has 1 atom stereocenters. The first kappa shape index (κ1) is 16.4. The summed E-state index contributed by atoms with van der Waals surface area (Å²) in [6, 6.07) is 7.38. The van der Waals surface area contributed by atoms with E-state index < -0.39 is 10.0 Å². The van der Waals surface area contributed by atoms with Crippen LogP contribution in [0.2, 0.25) is 0 Å². The molecule has 0 aromatic heterocycles. The second-order valence-corrected chi connectivity index (χ2v) is 7.82. The lowest BCUT2D eigenvalue weighted by Gasteiger charge is -2.35. The Balaban J connectivity index is 2.06. The van der Waals surface area contributed by atoms with Crippen molar-refractivity contribution in [2.75, 3.05) is 27.2 Å². The number of sulfonamides is 1. The molecule has 1 unspecified atom stereocenters. The molecule has 0 aliphatic carbocycles. The summed E-state index contributed by atoms with van der Waals surface area (Å²) in [7, 11) is 0.711. The number of benzene rings is 1. The number of aliphatic hydroxyl groups excluding tert-OH is 1. The van der Waals surface area contributed by atoms with Gasteiger partial charge in [0.25, 0.3) is 0 Å². The molecule has 1 aromatic rings. The van der Waals surface area contributed by atoms with Gasteiger partial charge in [0.2, 0.25) is 10.0 Å². The molecular weight excluding hydrogens is 288 g/mol. The van der Waals surface area contributed by atoms with Gasteiger partial charge in [-0.05, 0) is 38.1 Å². The van der Waals surface area contributed by atoms with Crippen molar-refractivity contribution in [3.63, 3.8) is 0 Å². The number of rotatable bonds is 5. The van der Waals surface area contributed by atoms with E-state index in [1.807, 2.05) is 14.1 Å². The van der Waals surface area contributed by atoms with Crippen molar-refractivity contribution in [3.8, 4) is 0 Å². The predicted octanol–water partition coefficient (Wildman–Crippen LogP) is 1.03. The summed E-state index contributed by atoms with van der Waals surface area (Å²) in [6.45, 7) is 1.16. The quantitative estimate of drug-likeness (QED) is 0.882. The number of hydrogen-bond acceptors (Lipinski definition) is 4. The molecule has 0 saturated carbocycles. The molecule has 6 heteroatoms. The summed E-state index contributed by atoms with van der Waals surface area (Å²) in [5, 5.41) is 9.01. The molecule has 1 aliphatic rings. The van der Waals surface area contributed by atoms with Gasteiger partial charge >= 0.3 is 0 Å². The lowest BCUT2D eigenvalue weighted by atomic mass is 10.1. The number of hydrogen-bond donors (Lipinski definition) is 1. The van der Waals surface area contributed by atoms with Crippen molar-refractivity contribution >= 4 is 10.0 Å². The van der Waals surface area contributed by atoms with Crippen molar-refractivity contribution in [2.45, 2.75) is 31.2 Å². The second-order valence-electron chi connectivity index (χ2n) is 5.85. The first-order chi connectivity index (χ1) is 9.92. The van der Waals surface area contributed by atoms with Gasteiger partial charge in [0.15, 0.2) is 0 Å². The molecule has 1 aromatic carbocycles. The molecule has 1 heterocycles. The van der Waals surface area contributed by atoms with Crippen molar-refractivity contribution in [2.24, 2.45) is 0 Å². The average Bonchev–Trinajstić information content (AvgIpc) is 2.48. The zero-order chi connectivity index (χ0) is 15.5. The van der Waals surface area contributed by atoms with Crippen LogP contribution < -0.4 is 0 Å². The number of aliphatic hydroxyl groups is 1. The number of piperidine rings is 1. The van der Waals surface area contributed by atoms with Gasteiger partial charge in [-0.1, -0.05) is 24.3 Å². The molecule has 0 spiro atoms. The van der Waals surface area contributed by atoms with Crippen LogP contribution in [0.25, 0.3) is 0 Å². The van der Waals surface area contributed by atoms with Gasteiger partial charge in [0.05, 0.1) is 12.4 Å². The minimum Gasteiger partial charge on any atom is -0.392 e. The van der Waals surface area contributed by atoms with E-state index in [1.54, 1.807) is 28.6 Å². The van der Waals surface area contributed by atoms with Gasteiger partial charge in [0.1, 0.15) is 0 Å². The SMILES string of the molecule is CN(C)C1CCCN(S(=O)(=O)Cc2ccc(CO)cc2)C1. The minimum absolute atomic E-state index is 0.0241. The summed E-state index contributed by atoms with van der Waals surface area (Å²) in [4.78, 5) is 2.09. The van der Waals surface area contributed by atoms with Crippen LogP contribution in [0.3, 0.4) is 0 Å². The molecule has 1 aliphatic heterocycles. The lowest BCUT2D eigenvalue weighted by Crippen LogP contribution is -2.47. The first-order valence-electron chi connectivity index (χ1n) is 7.25. The maximum Gasteiger partial charge on any atom is 0.218 e.